The van der Waals surface area contributed by atoms with Gasteiger partial charge in [-0.3, -0.25) is 18.9 Å². The van der Waals surface area contributed by atoms with Gasteiger partial charge in [-0.05, 0) is 5.56 Å². The lowest BCUT2D eigenvalue weighted by Crippen LogP contribution is -2.29. The molecule has 0 radical (unpaired) electrons. The lowest BCUT2D eigenvalue weighted by atomic mass is 9.91. The maximum atomic E-state index is 12.3. The van der Waals surface area contributed by atoms with Crippen LogP contribution < -0.4 is 5.73 Å². The van der Waals surface area contributed by atoms with Crippen LogP contribution in [0.4, 0.5) is 0 Å². The van der Waals surface area contributed by atoms with Gasteiger partial charge in [-0.2, -0.15) is 8.42 Å². The smallest absolute Gasteiger partial charge is 0.265 e. The van der Waals surface area contributed by atoms with Gasteiger partial charge in [0.05, 0.1) is 11.0 Å². The predicted octanol–water partition coefficient (Wildman–Crippen LogP) is 0.957. The largest absolute Gasteiger partial charge is 0.369 e. The van der Waals surface area contributed by atoms with Gasteiger partial charge >= 0.3 is 0 Å². The third-order valence-corrected chi connectivity index (χ3v) is 5.52. The first-order valence-corrected chi connectivity index (χ1v) is 10.0. The van der Waals surface area contributed by atoms with Crippen molar-refractivity contribution in [2.75, 3.05) is 11.5 Å². The fraction of sp³-hybridized carbons (Fsp3) is 0.312. The van der Waals surface area contributed by atoms with Crippen LogP contribution in [0.5, 0.6) is 0 Å². The van der Waals surface area contributed by atoms with Crippen LogP contribution >= 0.6 is 11.8 Å². The number of carbonyl (C=O) groups is 3. The number of thioether (sulfide) groups is 1. The number of primary amides is 1. The van der Waals surface area contributed by atoms with Crippen molar-refractivity contribution < 1.29 is 27.4 Å². The topological polar surface area (TPSA) is 132 Å². The molecule has 0 bridgehead atoms. The Balaban J connectivity index is 2.16. The van der Waals surface area contributed by atoms with Gasteiger partial charge in [0.2, 0.25) is 5.91 Å². The first kappa shape index (κ1) is 19.4. The molecule has 2 rings (SSSR count). The molecule has 1 heterocycles. The maximum absolute atomic E-state index is 12.3. The van der Waals surface area contributed by atoms with Crippen LogP contribution in [0.3, 0.4) is 0 Å². The minimum Gasteiger partial charge on any atom is -0.369 e. The average molecular weight is 383 g/mol. The van der Waals surface area contributed by atoms with Crippen molar-refractivity contribution in [2.45, 2.75) is 17.6 Å². The number of benzene rings is 1. The highest BCUT2D eigenvalue weighted by atomic mass is 32.2. The molecule has 1 aromatic rings. The fourth-order valence-electron chi connectivity index (χ4n) is 2.44. The number of hydrogen-bond acceptors (Lipinski definition) is 6. The Labute approximate surface area is 149 Å². The Hall–Kier alpha value is -1.97. The Bertz CT molecular complexity index is 814. The molecule has 1 aromatic carbocycles. The predicted molar refractivity (Wildman–Crippen MR) is 94.1 cm³/mol. The molecule has 134 valence electrons. The number of Topliss-reactive ketones (excluding diaryl/α,β-unsaturated/α-hetero) is 2. The molecule has 0 saturated heterocycles. The average Bonchev–Trinajstić information content (AvgIpc) is 3.06. The van der Waals surface area contributed by atoms with E-state index in [-0.39, 0.29) is 16.6 Å². The number of hydrogen-bond donors (Lipinski definition) is 2. The molecular formula is C16H17NO6S2. The molecule has 7 nitrogen and oxygen atoms in total. The molecule has 1 aliphatic rings. The molecular weight excluding hydrogens is 366 g/mol. The summed E-state index contributed by atoms with van der Waals surface area (Å²) in [5, 5.41) is -0.241. The van der Waals surface area contributed by atoms with Gasteiger partial charge in [0.15, 0.2) is 11.6 Å². The van der Waals surface area contributed by atoms with Gasteiger partial charge in [-0.1, -0.05) is 36.4 Å². The summed E-state index contributed by atoms with van der Waals surface area (Å²) in [4.78, 5) is 36.0. The van der Waals surface area contributed by atoms with Gasteiger partial charge in [-0.15, -0.1) is 11.8 Å². The van der Waals surface area contributed by atoms with Crippen LogP contribution in [0.15, 0.2) is 36.4 Å². The van der Waals surface area contributed by atoms with E-state index in [2.05, 4.69) is 0 Å². The number of carbonyl (C=O) groups excluding carboxylic acids is 3. The van der Waals surface area contributed by atoms with Crippen molar-refractivity contribution in [3.05, 3.63) is 47.5 Å². The van der Waals surface area contributed by atoms with Gasteiger partial charge in [-0.25, -0.2) is 0 Å². The molecule has 2 unspecified atom stereocenters. The van der Waals surface area contributed by atoms with E-state index in [1.165, 1.54) is 36.0 Å². The van der Waals surface area contributed by atoms with Gasteiger partial charge in [0, 0.05) is 17.7 Å². The molecule has 1 aliphatic heterocycles. The highest BCUT2D eigenvalue weighted by molar-refractivity contribution is 8.01. The summed E-state index contributed by atoms with van der Waals surface area (Å²) in [6.45, 7) is 0. The molecule has 0 fully saturated rings. The number of nitrogens with two attached hydrogens (primary N) is 1. The van der Waals surface area contributed by atoms with Crippen molar-refractivity contribution in [3.8, 4) is 0 Å². The monoisotopic (exact) mass is 383 g/mol. The Morgan fingerprint density at radius 1 is 1.24 bits per heavy atom. The third-order valence-electron chi connectivity index (χ3n) is 3.68. The summed E-state index contributed by atoms with van der Waals surface area (Å²) in [6.07, 6.45) is 3.21. The van der Waals surface area contributed by atoms with E-state index in [4.69, 9.17) is 10.3 Å². The van der Waals surface area contributed by atoms with Crippen LogP contribution in [0.1, 0.15) is 28.3 Å². The van der Waals surface area contributed by atoms with E-state index in [0.717, 1.165) is 5.75 Å². The molecule has 0 spiro atoms. The minimum absolute atomic E-state index is 0.0707. The standard InChI is InChI=1S/C16H17NO6S2/c17-16(20)14(12(18)7-9-25(21,22)23)10-3-5-11(6-4-10)15(19)13-2-1-8-24-13/h1-6,13-14H,7-9H2,(H2,17,20)(H,21,22,23). The fourth-order valence-corrected chi connectivity index (χ4v) is 3.84. The first-order chi connectivity index (χ1) is 11.7. The number of ketones is 2. The van der Waals surface area contributed by atoms with E-state index < -0.39 is 39.9 Å². The lowest BCUT2D eigenvalue weighted by molar-refractivity contribution is -0.128. The number of amides is 1. The zero-order chi connectivity index (χ0) is 18.6. The molecule has 3 N–H and O–H groups in total. The van der Waals surface area contributed by atoms with Crippen molar-refractivity contribution in [1.82, 2.24) is 0 Å². The zero-order valence-corrected chi connectivity index (χ0v) is 14.8. The summed E-state index contributed by atoms with van der Waals surface area (Å²) in [6, 6.07) is 5.93. The maximum Gasteiger partial charge on any atom is 0.265 e. The van der Waals surface area contributed by atoms with Crippen molar-refractivity contribution in [2.24, 2.45) is 5.73 Å². The molecule has 0 saturated carbocycles. The quantitative estimate of drug-likeness (QED) is 0.296. The van der Waals surface area contributed by atoms with E-state index >= 15 is 0 Å². The summed E-state index contributed by atoms with van der Waals surface area (Å²) in [7, 11) is -4.31. The molecule has 2 atom stereocenters. The van der Waals surface area contributed by atoms with Gasteiger partial charge in [0.25, 0.3) is 10.1 Å². The highest BCUT2D eigenvalue weighted by Gasteiger charge is 2.28. The van der Waals surface area contributed by atoms with Crippen molar-refractivity contribution in [1.29, 1.82) is 0 Å². The lowest BCUT2D eigenvalue weighted by Gasteiger charge is -2.13. The summed E-state index contributed by atoms with van der Waals surface area (Å²) < 4.78 is 30.2. The minimum atomic E-state index is -4.31. The van der Waals surface area contributed by atoms with Gasteiger partial charge < -0.3 is 5.73 Å². The molecule has 0 aromatic heterocycles. The molecule has 25 heavy (non-hydrogen) atoms. The van der Waals surface area contributed by atoms with Crippen molar-refractivity contribution in [3.63, 3.8) is 0 Å². The van der Waals surface area contributed by atoms with E-state index in [1.807, 2.05) is 12.2 Å². The van der Waals surface area contributed by atoms with Crippen LogP contribution in [-0.4, -0.2) is 47.2 Å². The van der Waals surface area contributed by atoms with Crippen LogP contribution in [0, 0.1) is 0 Å². The van der Waals surface area contributed by atoms with Crippen LogP contribution in [0.2, 0.25) is 0 Å². The summed E-state index contributed by atoms with van der Waals surface area (Å²) in [5.41, 5.74) is 5.98. The normalized spacial score (nSPS) is 18.0. The highest BCUT2D eigenvalue weighted by Crippen LogP contribution is 2.25. The van der Waals surface area contributed by atoms with Crippen LogP contribution in [0.25, 0.3) is 0 Å². The summed E-state index contributed by atoms with van der Waals surface area (Å²) >= 11 is 1.51. The van der Waals surface area contributed by atoms with Crippen molar-refractivity contribution >= 4 is 39.4 Å². The van der Waals surface area contributed by atoms with Crippen LogP contribution in [-0.2, 0) is 19.7 Å². The van der Waals surface area contributed by atoms with Gasteiger partial charge in [0.1, 0.15) is 5.92 Å². The molecule has 1 amide bonds. The Morgan fingerprint density at radius 2 is 1.88 bits per heavy atom. The van der Waals surface area contributed by atoms with E-state index in [1.54, 1.807) is 0 Å². The SMILES string of the molecule is NC(=O)C(C(=O)CCS(=O)(=O)O)c1ccc(C(=O)C2C=CCS2)cc1. The number of rotatable bonds is 8. The molecule has 9 heteroatoms. The van der Waals surface area contributed by atoms with E-state index in [9.17, 15) is 22.8 Å². The second kappa shape index (κ2) is 7.94. The third kappa shape index (κ3) is 5.25. The Morgan fingerprint density at radius 3 is 2.36 bits per heavy atom. The zero-order valence-electron chi connectivity index (χ0n) is 13.1. The second-order valence-electron chi connectivity index (χ2n) is 5.51. The Kier molecular flexibility index (Phi) is 6.15. The summed E-state index contributed by atoms with van der Waals surface area (Å²) in [5.74, 6) is -3.03. The first-order valence-electron chi connectivity index (χ1n) is 7.38. The second-order valence-corrected chi connectivity index (χ2v) is 8.25. The molecule has 0 aliphatic carbocycles. The van der Waals surface area contributed by atoms with E-state index in [0.29, 0.717) is 5.56 Å².